The fourth-order valence-corrected chi connectivity index (χ4v) is 5.32. The number of hydrogen-bond acceptors (Lipinski definition) is 2. The third-order valence-electron chi connectivity index (χ3n) is 6.15. The first kappa shape index (κ1) is 19.5. The number of benzene rings is 3. The van der Waals surface area contributed by atoms with Crippen LogP contribution in [0.15, 0.2) is 78.9 Å². The van der Waals surface area contributed by atoms with Gasteiger partial charge in [0.15, 0.2) is 0 Å². The van der Waals surface area contributed by atoms with Gasteiger partial charge < -0.3 is 10.1 Å². The highest BCUT2D eigenvalue weighted by Crippen LogP contribution is 2.52. The van der Waals surface area contributed by atoms with Gasteiger partial charge >= 0.3 is 0 Å². The zero-order valence-corrected chi connectivity index (χ0v) is 18.0. The van der Waals surface area contributed by atoms with E-state index in [1.807, 2.05) is 30.3 Å². The minimum atomic E-state index is 0.0866. The number of nitrogens with one attached hydrogen (secondary N) is 1. The first-order valence-electron chi connectivity index (χ1n) is 10.4. The van der Waals surface area contributed by atoms with Crippen molar-refractivity contribution in [2.24, 2.45) is 5.92 Å². The van der Waals surface area contributed by atoms with Crippen molar-refractivity contribution in [3.05, 3.63) is 106 Å². The Kier molecular flexibility index (Phi) is 5.45. The lowest BCUT2D eigenvalue weighted by molar-refractivity contribution is 0.320. The molecule has 0 radical (unpaired) electrons. The van der Waals surface area contributed by atoms with Crippen molar-refractivity contribution in [2.75, 3.05) is 11.9 Å². The third-order valence-corrected chi connectivity index (χ3v) is 6.81. The maximum Gasteiger partial charge on any atom is 0.119 e. The summed E-state index contributed by atoms with van der Waals surface area (Å²) in [6.45, 7) is 0.665. The molecule has 3 unspecified atom stereocenters. The number of anilines is 1. The summed E-state index contributed by atoms with van der Waals surface area (Å²) in [6.07, 6.45) is 6.49. The molecule has 0 amide bonds. The molecule has 3 aromatic carbocycles. The van der Waals surface area contributed by atoms with E-state index in [1.54, 1.807) is 0 Å². The lowest BCUT2D eigenvalue weighted by atomic mass is 9.77. The van der Waals surface area contributed by atoms with E-state index in [9.17, 15) is 0 Å². The molecule has 152 valence electrons. The molecule has 0 spiro atoms. The summed E-state index contributed by atoms with van der Waals surface area (Å²) < 4.78 is 6.08. The standard InChI is InChI=1S/C26H23Cl2NO/c27-22-10-5-11-23(28)25(22)26-20-9-4-8-19(20)21-16-18(12-13-24(21)29-26)30-15-14-17-6-2-1-3-7-17/h1-8,10-13,16,19-20,26,29H,9,14-15H2. The molecule has 4 heteroatoms. The van der Waals surface area contributed by atoms with E-state index < -0.39 is 0 Å². The van der Waals surface area contributed by atoms with Gasteiger partial charge in [-0.15, -0.1) is 0 Å². The Balaban J connectivity index is 1.38. The quantitative estimate of drug-likeness (QED) is 0.420. The van der Waals surface area contributed by atoms with Crippen molar-refractivity contribution < 1.29 is 4.74 Å². The summed E-state index contributed by atoms with van der Waals surface area (Å²) in [7, 11) is 0. The average Bonchev–Trinajstić information content (AvgIpc) is 3.25. The van der Waals surface area contributed by atoms with Crippen LogP contribution in [0.25, 0.3) is 0 Å². The minimum Gasteiger partial charge on any atom is -0.493 e. The Hall–Kier alpha value is -2.42. The molecular formula is C26H23Cl2NO. The van der Waals surface area contributed by atoms with Crippen LogP contribution in [0.2, 0.25) is 10.0 Å². The lowest BCUT2D eigenvalue weighted by Crippen LogP contribution is -2.29. The summed E-state index contributed by atoms with van der Waals surface area (Å²) in [5.74, 6) is 1.63. The number of rotatable bonds is 5. The van der Waals surface area contributed by atoms with Crippen molar-refractivity contribution in [2.45, 2.75) is 24.8 Å². The summed E-state index contributed by atoms with van der Waals surface area (Å²) in [5, 5.41) is 5.15. The molecule has 5 rings (SSSR count). The second-order valence-corrected chi connectivity index (χ2v) is 8.76. The Bertz CT molecular complexity index is 1060. The summed E-state index contributed by atoms with van der Waals surface area (Å²) in [5.41, 5.74) is 4.69. The summed E-state index contributed by atoms with van der Waals surface area (Å²) in [6, 6.07) is 22.6. The largest absolute Gasteiger partial charge is 0.493 e. The second-order valence-electron chi connectivity index (χ2n) is 7.94. The minimum absolute atomic E-state index is 0.0866. The molecule has 2 nitrogen and oxygen atoms in total. The van der Waals surface area contributed by atoms with Gasteiger partial charge in [-0.3, -0.25) is 0 Å². The van der Waals surface area contributed by atoms with Crippen LogP contribution in [0.5, 0.6) is 5.75 Å². The van der Waals surface area contributed by atoms with Gasteiger partial charge in [0, 0.05) is 33.6 Å². The van der Waals surface area contributed by atoms with Crippen LogP contribution in [-0.2, 0) is 6.42 Å². The fraction of sp³-hybridized carbons (Fsp3) is 0.231. The fourth-order valence-electron chi connectivity index (χ4n) is 4.69. The maximum atomic E-state index is 6.55. The third kappa shape index (κ3) is 3.71. The first-order chi connectivity index (χ1) is 14.7. The molecule has 3 aromatic rings. The highest BCUT2D eigenvalue weighted by atomic mass is 35.5. The van der Waals surface area contributed by atoms with Gasteiger partial charge in [-0.25, -0.2) is 0 Å². The number of hydrogen-bond donors (Lipinski definition) is 1. The van der Waals surface area contributed by atoms with Crippen LogP contribution in [0.4, 0.5) is 5.69 Å². The molecule has 0 saturated heterocycles. The number of allylic oxidation sites excluding steroid dienone is 2. The molecule has 30 heavy (non-hydrogen) atoms. The van der Waals surface area contributed by atoms with Gasteiger partial charge in [0.2, 0.25) is 0 Å². The molecule has 0 fully saturated rings. The molecule has 2 aliphatic rings. The Labute approximate surface area is 187 Å². The molecule has 1 aliphatic carbocycles. The van der Waals surface area contributed by atoms with E-state index in [0.29, 0.717) is 18.4 Å². The van der Waals surface area contributed by atoms with E-state index in [2.05, 4.69) is 53.9 Å². The monoisotopic (exact) mass is 435 g/mol. The van der Waals surface area contributed by atoms with E-state index in [1.165, 1.54) is 11.1 Å². The summed E-state index contributed by atoms with van der Waals surface area (Å²) in [4.78, 5) is 0. The van der Waals surface area contributed by atoms with Crippen LogP contribution in [0, 0.1) is 5.92 Å². The van der Waals surface area contributed by atoms with Crippen LogP contribution >= 0.6 is 23.2 Å². The van der Waals surface area contributed by atoms with E-state index in [4.69, 9.17) is 27.9 Å². The smallest absolute Gasteiger partial charge is 0.119 e. The predicted octanol–water partition coefficient (Wildman–Crippen LogP) is 7.44. The van der Waals surface area contributed by atoms with E-state index in [-0.39, 0.29) is 6.04 Å². The zero-order valence-electron chi connectivity index (χ0n) is 16.5. The summed E-state index contributed by atoms with van der Waals surface area (Å²) >= 11 is 13.1. The predicted molar refractivity (Wildman–Crippen MR) is 125 cm³/mol. The lowest BCUT2D eigenvalue weighted by Gasteiger charge is -2.38. The van der Waals surface area contributed by atoms with Crippen LogP contribution in [0.1, 0.15) is 35.1 Å². The molecule has 3 atom stereocenters. The highest BCUT2D eigenvalue weighted by Gasteiger charge is 2.39. The second kappa shape index (κ2) is 8.37. The number of fused-ring (bicyclic) bond motifs is 3. The van der Waals surface area contributed by atoms with E-state index >= 15 is 0 Å². The van der Waals surface area contributed by atoms with Gasteiger partial charge in [0.05, 0.1) is 12.6 Å². The molecule has 1 aliphatic heterocycles. The molecule has 0 bridgehead atoms. The Morgan fingerprint density at radius 2 is 1.73 bits per heavy atom. The highest BCUT2D eigenvalue weighted by molar-refractivity contribution is 6.36. The van der Waals surface area contributed by atoms with Crippen molar-refractivity contribution in [3.63, 3.8) is 0 Å². The van der Waals surface area contributed by atoms with Gasteiger partial charge in [-0.05, 0) is 53.8 Å². The molecular weight excluding hydrogens is 413 g/mol. The topological polar surface area (TPSA) is 21.3 Å². The van der Waals surface area contributed by atoms with Gasteiger partial charge in [-0.1, -0.05) is 71.8 Å². The average molecular weight is 436 g/mol. The van der Waals surface area contributed by atoms with Crippen molar-refractivity contribution in [1.29, 1.82) is 0 Å². The Morgan fingerprint density at radius 3 is 2.53 bits per heavy atom. The molecule has 0 saturated carbocycles. The van der Waals surface area contributed by atoms with Crippen LogP contribution < -0.4 is 10.1 Å². The van der Waals surface area contributed by atoms with E-state index in [0.717, 1.165) is 39.9 Å². The first-order valence-corrected chi connectivity index (χ1v) is 11.1. The van der Waals surface area contributed by atoms with Crippen LogP contribution in [0.3, 0.4) is 0 Å². The van der Waals surface area contributed by atoms with Crippen molar-refractivity contribution in [3.8, 4) is 5.75 Å². The molecule has 1 N–H and O–H groups in total. The zero-order chi connectivity index (χ0) is 20.5. The van der Waals surface area contributed by atoms with Crippen molar-refractivity contribution >= 4 is 28.9 Å². The molecule has 0 aromatic heterocycles. The number of halogens is 2. The van der Waals surface area contributed by atoms with Crippen molar-refractivity contribution in [1.82, 2.24) is 0 Å². The normalized spacial score (nSPS) is 21.6. The molecule has 1 heterocycles. The van der Waals surface area contributed by atoms with Gasteiger partial charge in [-0.2, -0.15) is 0 Å². The van der Waals surface area contributed by atoms with Crippen LogP contribution in [-0.4, -0.2) is 6.61 Å². The van der Waals surface area contributed by atoms with Gasteiger partial charge in [0.25, 0.3) is 0 Å². The Morgan fingerprint density at radius 1 is 0.933 bits per heavy atom. The maximum absolute atomic E-state index is 6.55. The number of ether oxygens (including phenoxy) is 1. The SMILES string of the molecule is Clc1cccc(Cl)c1C1Nc2ccc(OCCc3ccccc3)cc2C2C=CCC21. The van der Waals surface area contributed by atoms with Gasteiger partial charge in [0.1, 0.15) is 5.75 Å².